The molecule has 0 aliphatic rings. The molecule has 2 N–H and O–H groups in total. The van der Waals surface area contributed by atoms with E-state index in [0.717, 1.165) is 16.7 Å². The van der Waals surface area contributed by atoms with Crippen LogP contribution < -0.4 is 10.0 Å². The fraction of sp³-hybridized carbons (Fsp3) is 0.0952. The predicted octanol–water partition coefficient (Wildman–Crippen LogP) is 4.64. The zero-order valence-corrected chi connectivity index (χ0v) is 19.3. The summed E-state index contributed by atoms with van der Waals surface area (Å²) in [5.41, 5.74) is 2.67. The first-order valence-corrected chi connectivity index (χ1v) is 11.6. The molecule has 4 aromatic rings. The van der Waals surface area contributed by atoms with E-state index in [1.807, 2.05) is 6.92 Å². The quantitative estimate of drug-likeness (QED) is 0.424. The highest BCUT2D eigenvalue weighted by atomic mass is 35.5. The Balaban J connectivity index is 1.50. The Morgan fingerprint density at radius 2 is 1.75 bits per heavy atom. The summed E-state index contributed by atoms with van der Waals surface area (Å²) < 4.78 is 29.3. The van der Waals surface area contributed by atoms with Gasteiger partial charge in [-0.25, -0.2) is 13.4 Å². The molecule has 0 aliphatic carbocycles. The van der Waals surface area contributed by atoms with Crippen molar-refractivity contribution in [2.24, 2.45) is 7.05 Å². The fourth-order valence-corrected chi connectivity index (χ4v) is 4.98. The maximum Gasteiger partial charge on any atom is 0.263 e. The molecule has 2 aromatic heterocycles. The summed E-state index contributed by atoms with van der Waals surface area (Å²) in [5.74, 6) is -0.361. The maximum atomic E-state index is 12.6. The van der Waals surface area contributed by atoms with Crippen LogP contribution in [0.15, 0.2) is 59.6 Å². The Bertz CT molecular complexity index is 1450. The van der Waals surface area contributed by atoms with Crippen molar-refractivity contribution in [1.82, 2.24) is 14.8 Å². The van der Waals surface area contributed by atoms with Crippen molar-refractivity contribution >= 4 is 61.5 Å². The fourth-order valence-electron chi connectivity index (χ4n) is 3.16. The highest BCUT2D eigenvalue weighted by molar-refractivity contribution is 7.92. The first-order chi connectivity index (χ1) is 15.1. The van der Waals surface area contributed by atoms with Crippen LogP contribution in [0.4, 0.5) is 11.4 Å². The van der Waals surface area contributed by atoms with Gasteiger partial charge in [-0.3, -0.25) is 14.2 Å². The second-order valence-electron chi connectivity index (χ2n) is 7.02. The minimum atomic E-state index is -3.95. The van der Waals surface area contributed by atoms with E-state index >= 15 is 0 Å². The van der Waals surface area contributed by atoms with Crippen LogP contribution in [0.3, 0.4) is 0 Å². The molecule has 0 spiro atoms. The lowest BCUT2D eigenvalue weighted by Gasteiger charge is -2.11. The average molecular weight is 490 g/mol. The number of anilines is 2. The molecule has 8 nitrogen and oxygen atoms in total. The Kier molecular flexibility index (Phi) is 5.81. The molecule has 32 heavy (non-hydrogen) atoms. The standard InChI is InChI=1S/C21H17Cl2N5O3S/c1-12-17-10-16(11-24-20(17)28(2)26-12)25-21(29)13-3-6-15(7-4-13)27-32(30,31)19-9-14(22)5-8-18(19)23/h3-11,27H,1-2H3,(H,25,29). The van der Waals surface area contributed by atoms with E-state index < -0.39 is 10.0 Å². The van der Waals surface area contributed by atoms with E-state index in [-0.39, 0.29) is 26.5 Å². The third-order valence-electron chi connectivity index (χ3n) is 4.70. The Morgan fingerprint density at radius 1 is 1.03 bits per heavy atom. The number of pyridine rings is 1. The monoisotopic (exact) mass is 489 g/mol. The van der Waals surface area contributed by atoms with Gasteiger partial charge in [-0.15, -0.1) is 0 Å². The van der Waals surface area contributed by atoms with E-state index in [9.17, 15) is 13.2 Å². The minimum absolute atomic E-state index is 0.0485. The number of halogens is 2. The molecular weight excluding hydrogens is 473 g/mol. The Hall–Kier alpha value is -3.14. The van der Waals surface area contributed by atoms with Gasteiger partial charge in [0, 0.05) is 28.7 Å². The number of sulfonamides is 1. The molecule has 0 aliphatic heterocycles. The van der Waals surface area contributed by atoms with Crippen LogP contribution in [-0.4, -0.2) is 29.1 Å². The van der Waals surface area contributed by atoms with Gasteiger partial charge in [0.15, 0.2) is 5.65 Å². The molecule has 0 saturated heterocycles. The number of carbonyl (C=O) groups is 1. The van der Waals surface area contributed by atoms with E-state index in [4.69, 9.17) is 23.2 Å². The number of fused-ring (bicyclic) bond motifs is 1. The number of nitrogens with zero attached hydrogens (tertiary/aromatic N) is 3. The molecular formula is C21H17Cl2N5O3S. The van der Waals surface area contributed by atoms with Crippen molar-refractivity contribution in [1.29, 1.82) is 0 Å². The van der Waals surface area contributed by atoms with Crippen LogP contribution in [0.1, 0.15) is 16.1 Å². The molecule has 2 aromatic carbocycles. The largest absolute Gasteiger partial charge is 0.321 e. The average Bonchev–Trinajstić information content (AvgIpc) is 3.03. The number of nitrogens with one attached hydrogen (secondary N) is 2. The molecule has 164 valence electrons. The molecule has 11 heteroatoms. The minimum Gasteiger partial charge on any atom is -0.321 e. The summed E-state index contributed by atoms with van der Waals surface area (Å²) in [6.07, 6.45) is 1.55. The summed E-state index contributed by atoms with van der Waals surface area (Å²) in [4.78, 5) is 16.8. The van der Waals surface area contributed by atoms with E-state index in [2.05, 4.69) is 20.1 Å². The van der Waals surface area contributed by atoms with E-state index in [1.54, 1.807) is 24.0 Å². The van der Waals surface area contributed by atoms with Crippen LogP contribution in [-0.2, 0) is 17.1 Å². The van der Waals surface area contributed by atoms with Gasteiger partial charge in [0.1, 0.15) is 4.90 Å². The van der Waals surface area contributed by atoms with Gasteiger partial charge in [-0.2, -0.15) is 5.10 Å². The number of rotatable bonds is 5. The van der Waals surface area contributed by atoms with Gasteiger partial charge < -0.3 is 5.32 Å². The number of carbonyl (C=O) groups excluding carboxylic acids is 1. The number of hydrogen-bond donors (Lipinski definition) is 2. The number of benzene rings is 2. The van der Waals surface area contributed by atoms with Crippen molar-refractivity contribution in [3.05, 3.63) is 76.0 Å². The first-order valence-electron chi connectivity index (χ1n) is 9.33. The number of aryl methyl sites for hydroxylation is 2. The highest BCUT2D eigenvalue weighted by Crippen LogP contribution is 2.27. The molecule has 0 bridgehead atoms. The molecule has 0 fully saturated rings. The lowest BCUT2D eigenvalue weighted by Crippen LogP contribution is -2.14. The van der Waals surface area contributed by atoms with Crippen molar-refractivity contribution in [2.45, 2.75) is 11.8 Å². The lowest BCUT2D eigenvalue weighted by atomic mass is 10.2. The van der Waals surface area contributed by atoms with Gasteiger partial charge in [0.05, 0.1) is 22.6 Å². The van der Waals surface area contributed by atoms with Crippen LogP contribution in [0, 0.1) is 6.92 Å². The van der Waals surface area contributed by atoms with Crippen LogP contribution >= 0.6 is 23.2 Å². The SMILES string of the molecule is Cc1nn(C)c2ncc(NC(=O)c3ccc(NS(=O)(=O)c4cc(Cl)ccc4Cl)cc3)cc12. The van der Waals surface area contributed by atoms with Crippen molar-refractivity contribution < 1.29 is 13.2 Å². The summed E-state index contributed by atoms with van der Waals surface area (Å²) in [7, 11) is -2.15. The van der Waals surface area contributed by atoms with E-state index in [0.29, 0.717) is 11.3 Å². The Labute approximate surface area is 194 Å². The predicted molar refractivity (Wildman–Crippen MR) is 125 cm³/mol. The number of hydrogen-bond acceptors (Lipinski definition) is 5. The van der Waals surface area contributed by atoms with Crippen molar-refractivity contribution in [3.8, 4) is 0 Å². The Morgan fingerprint density at radius 3 is 2.47 bits per heavy atom. The van der Waals surface area contributed by atoms with Gasteiger partial charge in [-0.1, -0.05) is 23.2 Å². The third-order valence-corrected chi connectivity index (χ3v) is 6.80. The van der Waals surface area contributed by atoms with Crippen LogP contribution in [0.5, 0.6) is 0 Å². The second-order valence-corrected chi connectivity index (χ2v) is 9.51. The zero-order chi connectivity index (χ0) is 23.0. The van der Waals surface area contributed by atoms with Crippen molar-refractivity contribution in [2.75, 3.05) is 10.0 Å². The molecule has 1 amide bonds. The third kappa shape index (κ3) is 4.40. The van der Waals surface area contributed by atoms with Crippen LogP contribution in [0.2, 0.25) is 10.0 Å². The van der Waals surface area contributed by atoms with E-state index in [1.165, 1.54) is 42.5 Å². The second kappa shape index (κ2) is 8.42. The van der Waals surface area contributed by atoms with Crippen LogP contribution in [0.25, 0.3) is 11.0 Å². The van der Waals surface area contributed by atoms with Gasteiger partial charge in [0.25, 0.3) is 15.9 Å². The molecule has 0 saturated carbocycles. The summed E-state index contributed by atoms with van der Waals surface area (Å²) >= 11 is 11.9. The molecule has 2 heterocycles. The number of amides is 1. The summed E-state index contributed by atoms with van der Waals surface area (Å²) in [6, 6.07) is 12.0. The first kappa shape index (κ1) is 22.1. The lowest BCUT2D eigenvalue weighted by molar-refractivity contribution is 0.102. The number of aromatic nitrogens is 3. The van der Waals surface area contributed by atoms with Crippen molar-refractivity contribution in [3.63, 3.8) is 0 Å². The van der Waals surface area contributed by atoms with Gasteiger partial charge in [0.2, 0.25) is 0 Å². The topological polar surface area (TPSA) is 106 Å². The van der Waals surface area contributed by atoms with Gasteiger partial charge in [-0.05, 0) is 55.5 Å². The molecule has 0 atom stereocenters. The maximum absolute atomic E-state index is 12.6. The van der Waals surface area contributed by atoms with Gasteiger partial charge >= 0.3 is 0 Å². The molecule has 0 unspecified atom stereocenters. The summed E-state index contributed by atoms with van der Waals surface area (Å²) in [6.45, 7) is 1.87. The zero-order valence-electron chi connectivity index (χ0n) is 16.9. The highest BCUT2D eigenvalue weighted by Gasteiger charge is 2.19. The summed E-state index contributed by atoms with van der Waals surface area (Å²) in [5, 5.41) is 8.23. The smallest absolute Gasteiger partial charge is 0.263 e. The molecule has 4 rings (SSSR count). The molecule has 0 radical (unpaired) electrons. The normalized spacial score (nSPS) is 11.5.